The predicted molar refractivity (Wildman–Crippen MR) is 82.6 cm³/mol. The van der Waals surface area contributed by atoms with E-state index in [-0.39, 0.29) is 11.9 Å². The Bertz CT molecular complexity index is 604. The van der Waals surface area contributed by atoms with E-state index < -0.39 is 0 Å². The van der Waals surface area contributed by atoms with Crippen molar-refractivity contribution in [2.45, 2.75) is 26.3 Å². The van der Waals surface area contributed by atoms with Gasteiger partial charge < -0.3 is 5.32 Å². The van der Waals surface area contributed by atoms with E-state index in [9.17, 15) is 4.79 Å². The Morgan fingerprint density at radius 3 is 2.60 bits per heavy atom. The van der Waals surface area contributed by atoms with Crippen LogP contribution in [0.3, 0.4) is 0 Å². The lowest BCUT2D eigenvalue weighted by Crippen LogP contribution is -2.28. The van der Waals surface area contributed by atoms with Gasteiger partial charge in [0.2, 0.25) is 0 Å². The molecule has 0 fully saturated rings. The van der Waals surface area contributed by atoms with Crippen LogP contribution in [0.4, 0.5) is 0 Å². The van der Waals surface area contributed by atoms with Crippen molar-refractivity contribution in [3.05, 3.63) is 51.8 Å². The molecule has 0 aliphatic rings. The number of nitrogens with zero attached hydrogens (tertiary/aromatic N) is 2. The minimum Gasteiger partial charge on any atom is -0.344 e. The van der Waals surface area contributed by atoms with Gasteiger partial charge in [-0.25, -0.2) is 0 Å². The molecule has 4 nitrogen and oxygen atoms in total. The van der Waals surface area contributed by atoms with Gasteiger partial charge in [0.1, 0.15) is 5.69 Å². The Morgan fingerprint density at radius 2 is 2.05 bits per heavy atom. The summed E-state index contributed by atoms with van der Waals surface area (Å²) in [5, 5.41) is 7.29. The van der Waals surface area contributed by atoms with E-state index in [1.54, 1.807) is 11.7 Å². The van der Waals surface area contributed by atoms with Crippen molar-refractivity contribution >= 4 is 21.8 Å². The predicted octanol–water partition coefficient (Wildman–Crippen LogP) is 3.24. The van der Waals surface area contributed by atoms with E-state index in [0.29, 0.717) is 5.69 Å². The lowest BCUT2D eigenvalue weighted by atomic mass is 10.1. The standard InChI is InChI=1S/C15H18BrN3O/c1-4-13-9-14(19(3)18-13)15(20)17-10(2)11-5-7-12(16)8-6-11/h5-10H,4H2,1-3H3,(H,17,20). The number of halogens is 1. The first-order valence-corrected chi connectivity index (χ1v) is 7.39. The maximum Gasteiger partial charge on any atom is 0.270 e. The van der Waals surface area contributed by atoms with Crippen LogP contribution in [0.15, 0.2) is 34.8 Å². The van der Waals surface area contributed by atoms with Gasteiger partial charge in [0.15, 0.2) is 0 Å². The molecule has 1 aromatic heterocycles. The topological polar surface area (TPSA) is 46.9 Å². The molecule has 1 atom stereocenters. The number of amides is 1. The van der Waals surface area contributed by atoms with Gasteiger partial charge in [0, 0.05) is 11.5 Å². The SMILES string of the molecule is CCc1cc(C(=O)NC(C)c2ccc(Br)cc2)n(C)n1. The normalized spacial score (nSPS) is 12.2. The van der Waals surface area contributed by atoms with Gasteiger partial charge in [-0.05, 0) is 37.1 Å². The Balaban J connectivity index is 2.10. The summed E-state index contributed by atoms with van der Waals surface area (Å²) in [4.78, 5) is 12.3. The van der Waals surface area contributed by atoms with Crippen LogP contribution in [-0.4, -0.2) is 15.7 Å². The number of hydrogen-bond donors (Lipinski definition) is 1. The molecule has 5 heteroatoms. The highest BCUT2D eigenvalue weighted by molar-refractivity contribution is 9.10. The molecule has 1 unspecified atom stereocenters. The number of hydrogen-bond acceptors (Lipinski definition) is 2. The minimum atomic E-state index is -0.102. The van der Waals surface area contributed by atoms with Crippen molar-refractivity contribution in [3.8, 4) is 0 Å². The summed E-state index contributed by atoms with van der Waals surface area (Å²) < 4.78 is 2.65. The van der Waals surface area contributed by atoms with Crippen molar-refractivity contribution in [3.63, 3.8) is 0 Å². The molecule has 1 heterocycles. The Morgan fingerprint density at radius 1 is 1.40 bits per heavy atom. The molecular formula is C15H18BrN3O. The first kappa shape index (κ1) is 14.8. The highest BCUT2D eigenvalue weighted by atomic mass is 79.9. The minimum absolute atomic E-state index is 0.0458. The van der Waals surface area contributed by atoms with Gasteiger partial charge >= 0.3 is 0 Å². The van der Waals surface area contributed by atoms with E-state index in [2.05, 4.69) is 26.3 Å². The molecular weight excluding hydrogens is 318 g/mol. The molecule has 0 aliphatic heterocycles. The number of benzene rings is 1. The van der Waals surface area contributed by atoms with Crippen LogP contribution in [0.5, 0.6) is 0 Å². The highest BCUT2D eigenvalue weighted by Gasteiger charge is 2.15. The van der Waals surface area contributed by atoms with Gasteiger partial charge in [0.05, 0.1) is 11.7 Å². The number of aromatic nitrogens is 2. The average Bonchev–Trinajstić information content (AvgIpc) is 2.80. The molecule has 1 N–H and O–H groups in total. The molecule has 0 spiro atoms. The molecule has 0 aliphatic carbocycles. The zero-order valence-corrected chi connectivity index (χ0v) is 13.4. The molecule has 2 rings (SSSR count). The van der Waals surface area contributed by atoms with Gasteiger partial charge in [-0.15, -0.1) is 0 Å². The molecule has 2 aromatic rings. The third-order valence-electron chi connectivity index (χ3n) is 3.24. The van der Waals surface area contributed by atoms with Gasteiger partial charge in [-0.2, -0.15) is 5.10 Å². The summed E-state index contributed by atoms with van der Waals surface area (Å²) in [5.41, 5.74) is 2.58. The van der Waals surface area contributed by atoms with Crippen LogP contribution in [0, 0.1) is 0 Å². The second-order valence-electron chi connectivity index (χ2n) is 4.74. The number of carbonyl (C=O) groups excluding carboxylic acids is 1. The third-order valence-corrected chi connectivity index (χ3v) is 3.77. The van der Waals surface area contributed by atoms with Crippen LogP contribution < -0.4 is 5.32 Å². The van der Waals surface area contributed by atoms with Crippen molar-refractivity contribution in [2.75, 3.05) is 0 Å². The van der Waals surface area contributed by atoms with Crippen molar-refractivity contribution in [1.29, 1.82) is 0 Å². The summed E-state index contributed by atoms with van der Waals surface area (Å²) in [7, 11) is 1.79. The van der Waals surface area contributed by atoms with Crippen molar-refractivity contribution in [1.82, 2.24) is 15.1 Å². The summed E-state index contributed by atoms with van der Waals surface area (Å²) >= 11 is 3.40. The second kappa shape index (κ2) is 6.22. The summed E-state index contributed by atoms with van der Waals surface area (Å²) in [5.74, 6) is -0.102. The van der Waals surface area contributed by atoms with E-state index in [0.717, 1.165) is 22.2 Å². The van der Waals surface area contributed by atoms with Crippen LogP contribution in [0.1, 0.15) is 41.6 Å². The van der Waals surface area contributed by atoms with Crippen LogP contribution in [0.2, 0.25) is 0 Å². The maximum absolute atomic E-state index is 12.3. The zero-order chi connectivity index (χ0) is 14.7. The zero-order valence-electron chi connectivity index (χ0n) is 11.9. The van der Waals surface area contributed by atoms with Gasteiger partial charge in [0.25, 0.3) is 5.91 Å². The highest BCUT2D eigenvalue weighted by Crippen LogP contribution is 2.17. The largest absolute Gasteiger partial charge is 0.344 e. The van der Waals surface area contributed by atoms with E-state index in [4.69, 9.17) is 0 Å². The second-order valence-corrected chi connectivity index (χ2v) is 5.66. The quantitative estimate of drug-likeness (QED) is 0.932. The summed E-state index contributed by atoms with van der Waals surface area (Å²) in [6, 6.07) is 9.72. The molecule has 106 valence electrons. The van der Waals surface area contributed by atoms with Crippen LogP contribution >= 0.6 is 15.9 Å². The number of rotatable bonds is 4. The van der Waals surface area contributed by atoms with E-state index >= 15 is 0 Å². The number of carbonyl (C=O) groups is 1. The van der Waals surface area contributed by atoms with E-state index in [1.165, 1.54) is 0 Å². The fourth-order valence-corrected chi connectivity index (χ4v) is 2.28. The molecule has 0 bridgehead atoms. The number of aryl methyl sites for hydroxylation is 2. The number of nitrogens with one attached hydrogen (secondary N) is 1. The maximum atomic E-state index is 12.3. The van der Waals surface area contributed by atoms with Crippen LogP contribution in [0.25, 0.3) is 0 Å². The average molecular weight is 336 g/mol. The monoisotopic (exact) mass is 335 g/mol. The molecule has 1 amide bonds. The molecule has 0 saturated heterocycles. The van der Waals surface area contributed by atoms with Gasteiger partial charge in [-0.3, -0.25) is 9.48 Å². The van der Waals surface area contributed by atoms with Crippen molar-refractivity contribution in [2.24, 2.45) is 7.05 Å². The first-order valence-electron chi connectivity index (χ1n) is 6.60. The van der Waals surface area contributed by atoms with E-state index in [1.807, 2.05) is 44.2 Å². The Labute approximate surface area is 127 Å². The fraction of sp³-hybridized carbons (Fsp3) is 0.333. The van der Waals surface area contributed by atoms with Gasteiger partial charge in [-0.1, -0.05) is 35.0 Å². The third kappa shape index (κ3) is 3.28. The first-order chi connectivity index (χ1) is 9.51. The lowest BCUT2D eigenvalue weighted by Gasteiger charge is -2.14. The Hall–Kier alpha value is -1.62. The Kier molecular flexibility index (Phi) is 4.60. The molecule has 1 aromatic carbocycles. The summed E-state index contributed by atoms with van der Waals surface area (Å²) in [6.45, 7) is 3.99. The fourth-order valence-electron chi connectivity index (χ4n) is 2.02. The summed E-state index contributed by atoms with van der Waals surface area (Å²) in [6.07, 6.45) is 0.823. The smallest absolute Gasteiger partial charge is 0.270 e. The van der Waals surface area contributed by atoms with Crippen molar-refractivity contribution < 1.29 is 4.79 Å². The molecule has 20 heavy (non-hydrogen) atoms. The lowest BCUT2D eigenvalue weighted by molar-refractivity contribution is 0.0930. The molecule has 0 radical (unpaired) electrons. The molecule has 0 saturated carbocycles. The van der Waals surface area contributed by atoms with Crippen LogP contribution in [-0.2, 0) is 13.5 Å².